The van der Waals surface area contributed by atoms with E-state index in [0.29, 0.717) is 6.54 Å². The number of amides is 2. The second-order valence-corrected chi connectivity index (χ2v) is 4.99. The second kappa shape index (κ2) is 5.29. The van der Waals surface area contributed by atoms with E-state index < -0.39 is 11.5 Å². The molecule has 0 aromatic carbocycles. The molecule has 0 atom stereocenters. The summed E-state index contributed by atoms with van der Waals surface area (Å²) in [4.78, 5) is 22.6. The summed E-state index contributed by atoms with van der Waals surface area (Å²) in [5, 5.41) is 18.5. The quantitative estimate of drug-likeness (QED) is 0.727. The first-order chi connectivity index (χ1) is 8.99. The summed E-state index contributed by atoms with van der Waals surface area (Å²) in [5.74, 6) is -0.885. The van der Waals surface area contributed by atoms with Crippen molar-refractivity contribution < 1.29 is 14.7 Å². The zero-order valence-electron chi connectivity index (χ0n) is 10.8. The molecule has 7 nitrogen and oxygen atoms in total. The number of nitrogens with zero attached hydrogens (tertiary/aromatic N) is 2. The monoisotopic (exact) mass is 266 g/mol. The Hall–Kier alpha value is -2.05. The van der Waals surface area contributed by atoms with E-state index in [1.807, 2.05) is 6.07 Å². The molecule has 19 heavy (non-hydrogen) atoms. The standard InChI is InChI=1S/C12H18N4O3/c1-16-6-3-9(15-16)8-13-11(19)14-12(4-2-5-12)7-10(17)18/h3,6H,2,4-5,7-8H2,1H3,(H,17,18)(H2,13,14,19). The van der Waals surface area contributed by atoms with E-state index >= 15 is 0 Å². The van der Waals surface area contributed by atoms with Gasteiger partial charge in [-0.2, -0.15) is 5.10 Å². The lowest BCUT2D eigenvalue weighted by Crippen LogP contribution is -2.57. The predicted molar refractivity (Wildman–Crippen MR) is 67.4 cm³/mol. The Kier molecular flexibility index (Phi) is 3.73. The van der Waals surface area contributed by atoms with Crippen LogP contribution in [0, 0.1) is 0 Å². The fourth-order valence-corrected chi connectivity index (χ4v) is 2.25. The highest BCUT2D eigenvalue weighted by Crippen LogP contribution is 2.34. The maximum atomic E-state index is 11.8. The lowest BCUT2D eigenvalue weighted by molar-refractivity contribution is -0.139. The number of hydrogen-bond acceptors (Lipinski definition) is 3. The van der Waals surface area contributed by atoms with Crippen molar-refractivity contribution in [1.29, 1.82) is 0 Å². The lowest BCUT2D eigenvalue weighted by atomic mass is 9.74. The smallest absolute Gasteiger partial charge is 0.315 e. The summed E-state index contributed by atoms with van der Waals surface area (Å²) < 4.78 is 1.66. The summed E-state index contributed by atoms with van der Waals surface area (Å²) >= 11 is 0. The summed E-state index contributed by atoms with van der Waals surface area (Å²) in [5.41, 5.74) is 0.193. The topological polar surface area (TPSA) is 96.2 Å². The van der Waals surface area contributed by atoms with Crippen molar-refractivity contribution in [3.63, 3.8) is 0 Å². The molecule has 0 bridgehead atoms. The van der Waals surface area contributed by atoms with E-state index in [1.54, 1.807) is 17.9 Å². The van der Waals surface area contributed by atoms with E-state index in [2.05, 4.69) is 15.7 Å². The van der Waals surface area contributed by atoms with Crippen molar-refractivity contribution in [3.05, 3.63) is 18.0 Å². The number of aromatic nitrogens is 2. The zero-order chi connectivity index (χ0) is 13.9. The number of carboxylic acids is 1. The Balaban J connectivity index is 1.81. The minimum Gasteiger partial charge on any atom is -0.481 e. The van der Waals surface area contributed by atoms with Gasteiger partial charge in [0.05, 0.1) is 24.2 Å². The largest absolute Gasteiger partial charge is 0.481 e. The highest BCUT2D eigenvalue weighted by atomic mass is 16.4. The van der Waals surface area contributed by atoms with Gasteiger partial charge < -0.3 is 15.7 Å². The Morgan fingerprint density at radius 1 is 1.53 bits per heavy atom. The molecule has 7 heteroatoms. The van der Waals surface area contributed by atoms with Gasteiger partial charge in [-0.1, -0.05) is 0 Å². The molecule has 0 aliphatic heterocycles. The van der Waals surface area contributed by atoms with E-state index in [-0.39, 0.29) is 12.5 Å². The van der Waals surface area contributed by atoms with Gasteiger partial charge in [-0.15, -0.1) is 0 Å². The van der Waals surface area contributed by atoms with Crippen molar-refractivity contribution in [3.8, 4) is 0 Å². The van der Waals surface area contributed by atoms with Gasteiger partial charge >= 0.3 is 12.0 Å². The zero-order valence-corrected chi connectivity index (χ0v) is 10.8. The van der Waals surface area contributed by atoms with Crippen LogP contribution in [0.1, 0.15) is 31.4 Å². The number of carbonyl (C=O) groups excluding carboxylic acids is 1. The van der Waals surface area contributed by atoms with Crippen molar-refractivity contribution in [2.75, 3.05) is 0 Å². The SMILES string of the molecule is Cn1ccc(CNC(=O)NC2(CC(=O)O)CCC2)n1. The maximum Gasteiger partial charge on any atom is 0.315 e. The number of nitrogens with one attached hydrogen (secondary N) is 2. The fourth-order valence-electron chi connectivity index (χ4n) is 2.25. The highest BCUT2D eigenvalue weighted by molar-refractivity contribution is 5.77. The number of rotatable bonds is 5. The first-order valence-corrected chi connectivity index (χ1v) is 6.25. The molecule has 0 spiro atoms. The molecule has 1 heterocycles. The molecule has 2 amide bonds. The summed E-state index contributed by atoms with van der Waals surface area (Å²) in [6.45, 7) is 0.329. The first kappa shape index (κ1) is 13.4. The van der Waals surface area contributed by atoms with Crippen LogP contribution >= 0.6 is 0 Å². The predicted octanol–water partition coefficient (Wildman–Crippen LogP) is 0.617. The number of hydrogen-bond donors (Lipinski definition) is 3. The van der Waals surface area contributed by atoms with E-state index in [4.69, 9.17) is 5.11 Å². The molecule has 1 aliphatic rings. The van der Waals surface area contributed by atoms with Gasteiger partial charge in [0.25, 0.3) is 0 Å². The maximum absolute atomic E-state index is 11.8. The molecular formula is C12H18N4O3. The normalized spacial score (nSPS) is 16.5. The number of carboxylic acid groups (broad SMARTS) is 1. The van der Waals surface area contributed by atoms with Gasteiger partial charge in [0.1, 0.15) is 0 Å². The number of aryl methyl sites for hydroxylation is 1. The van der Waals surface area contributed by atoms with Crippen LogP contribution in [0.3, 0.4) is 0 Å². The molecular weight excluding hydrogens is 248 g/mol. The Bertz CT molecular complexity index is 479. The molecule has 1 aliphatic carbocycles. The van der Waals surface area contributed by atoms with Crippen LogP contribution in [0.15, 0.2) is 12.3 Å². The minimum absolute atomic E-state index is 0.0238. The third-order valence-electron chi connectivity index (χ3n) is 3.38. The van der Waals surface area contributed by atoms with Crippen LogP contribution in [-0.2, 0) is 18.4 Å². The second-order valence-electron chi connectivity index (χ2n) is 4.99. The molecule has 1 aromatic heterocycles. The molecule has 1 aromatic rings. The summed E-state index contributed by atoms with van der Waals surface area (Å²) in [7, 11) is 1.81. The highest BCUT2D eigenvalue weighted by Gasteiger charge is 2.40. The van der Waals surface area contributed by atoms with Gasteiger partial charge in [-0.25, -0.2) is 4.79 Å². The fraction of sp³-hybridized carbons (Fsp3) is 0.583. The molecule has 104 valence electrons. The van der Waals surface area contributed by atoms with Crippen molar-refractivity contribution in [2.45, 2.75) is 37.8 Å². The van der Waals surface area contributed by atoms with Gasteiger partial charge in [-0.3, -0.25) is 9.48 Å². The van der Waals surface area contributed by atoms with E-state index in [0.717, 1.165) is 25.0 Å². The number of carbonyl (C=O) groups is 2. The third kappa shape index (κ3) is 3.46. The average molecular weight is 266 g/mol. The molecule has 0 saturated heterocycles. The van der Waals surface area contributed by atoms with Crippen LogP contribution in [-0.4, -0.2) is 32.4 Å². The molecule has 3 N–H and O–H groups in total. The average Bonchev–Trinajstić information content (AvgIpc) is 2.69. The Morgan fingerprint density at radius 2 is 2.26 bits per heavy atom. The molecule has 1 saturated carbocycles. The van der Waals surface area contributed by atoms with Crippen LogP contribution in [0.2, 0.25) is 0 Å². The first-order valence-electron chi connectivity index (χ1n) is 6.25. The van der Waals surface area contributed by atoms with Crippen LogP contribution < -0.4 is 10.6 Å². The summed E-state index contributed by atoms with van der Waals surface area (Å²) in [6, 6.07) is 1.48. The molecule has 0 unspecified atom stereocenters. The Labute approximate surface area is 111 Å². The van der Waals surface area contributed by atoms with Crippen LogP contribution in [0.5, 0.6) is 0 Å². The van der Waals surface area contributed by atoms with Gasteiger partial charge in [0.2, 0.25) is 0 Å². The van der Waals surface area contributed by atoms with Gasteiger partial charge in [0, 0.05) is 13.2 Å². The Morgan fingerprint density at radius 3 is 2.74 bits per heavy atom. The third-order valence-corrected chi connectivity index (χ3v) is 3.38. The number of urea groups is 1. The molecule has 1 fully saturated rings. The minimum atomic E-state index is -0.885. The number of aliphatic carboxylic acids is 1. The van der Waals surface area contributed by atoms with Crippen molar-refractivity contribution >= 4 is 12.0 Å². The lowest BCUT2D eigenvalue weighted by Gasteiger charge is -2.41. The van der Waals surface area contributed by atoms with E-state index in [1.165, 1.54) is 0 Å². The van der Waals surface area contributed by atoms with Gasteiger partial charge in [0.15, 0.2) is 0 Å². The summed E-state index contributed by atoms with van der Waals surface area (Å²) in [6.07, 6.45) is 4.16. The van der Waals surface area contributed by atoms with Crippen molar-refractivity contribution in [2.24, 2.45) is 7.05 Å². The van der Waals surface area contributed by atoms with E-state index in [9.17, 15) is 9.59 Å². The van der Waals surface area contributed by atoms with Crippen LogP contribution in [0.4, 0.5) is 4.79 Å². The van der Waals surface area contributed by atoms with Crippen molar-refractivity contribution in [1.82, 2.24) is 20.4 Å². The molecule has 2 rings (SSSR count). The molecule has 0 radical (unpaired) electrons. The van der Waals surface area contributed by atoms with Crippen LogP contribution in [0.25, 0.3) is 0 Å². The van der Waals surface area contributed by atoms with Gasteiger partial charge in [-0.05, 0) is 25.3 Å².